The van der Waals surface area contributed by atoms with Gasteiger partial charge in [-0.3, -0.25) is 4.79 Å². The number of nitriles is 1. The first-order chi connectivity index (χ1) is 5.83. The Bertz CT molecular complexity index is 266. The predicted molar refractivity (Wildman–Crippen MR) is 49.8 cm³/mol. The highest BCUT2D eigenvalue weighted by Gasteiger charge is 2.50. The molecule has 0 aliphatic heterocycles. The summed E-state index contributed by atoms with van der Waals surface area (Å²) in [6.07, 6.45) is 1.64. The normalized spacial score (nSPS) is 19.0. The maximum Gasteiger partial charge on any atom is 0.228 e. The Balaban J connectivity index is 2.76. The van der Waals surface area contributed by atoms with Crippen molar-refractivity contribution in [2.24, 2.45) is 5.41 Å². The molecule has 0 unspecified atom stereocenters. The Labute approximate surface area is 79.3 Å². The quantitative estimate of drug-likeness (QED) is 0.614. The highest BCUT2D eigenvalue weighted by molar-refractivity contribution is 5.82. The first-order valence-corrected chi connectivity index (χ1v) is 4.53. The fourth-order valence-electron chi connectivity index (χ4n) is 1.34. The number of rotatable bonds is 1. The molecule has 0 radical (unpaired) electrons. The van der Waals surface area contributed by atoms with Gasteiger partial charge in [0.05, 0.1) is 6.07 Å². The third-order valence-corrected chi connectivity index (χ3v) is 2.52. The van der Waals surface area contributed by atoms with Gasteiger partial charge in [0, 0.05) is 12.5 Å². The van der Waals surface area contributed by atoms with Crippen molar-refractivity contribution in [3.63, 3.8) is 0 Å². The zero-order chi connectivity index (χ0) is 10.3. The number of carbonyl (C=O) groups excluding carboxylic acids is 1. The van der Waals surface area contributed by atoms with Crippen molar-refractivity contribution in [2.45, 2.75) is 39.2 Å². The second kappa shape index (κ2) is 2.73. The molecule has 1 fully saturated rings. The van der Waals surface area contributed by atoms with Crippen molar-refractivity contribution in [2.75, 3.05) is 7.05 Å². The molecule has 0 N–H and O–H groups in total. The summed E-state index contributed by atoms with van der Waals surface area (Å²) < 4.78 is 0. The SMILES string of the molecule is CN(C(=O)C(C)(C)C)C1(C#N)CC1. The maximum atomic E-state index is 11.8. The van der Waals surface area contributed by atoms with Crippen LogP contribution in [0.1, 0.15) is 33.6 Å². The largest absolute Gasteiger partial charge is 0.327 e. The lowest BCUT2D eigenvalue weighted by Gasteiger charge is -2.29. The van der Waals surface area contributed by atoms with E-state index in [2.05, 4.69) is 6.07 Å². The average molecular weight is 180 g/mol. The highest BCUT2D eigenvalue weighted by atomic mass is 16.2. The minimum atomic E-state index is -0.482. The zero-order valence-corrected chi connectivity index (χ0v) is 8.72. The molecule has 0 bridgehead atoms. The minimum absolute atomic E-state index is 0.0477. The molecule has 0 atom stereocenters. The van der Waals surface area contributed by atoms with Gasteiger partial charge in [-0.1, -0.05) is 20.8 Å². The van der Waals surface area contributed by atoms with Crippen LogP contribution >= 0.6 is 0 Å². The smallest absolute Gasteiger partial charge is 0.228 e. The second-order valence-electron chi connectivity index (χ2n) is 4.76. The van der Waals surface area contributed by atoms with Crippen molar-refractivity contribution < 1.29 is 4.79 Å². The van der Waals surface area contributed by atoms with Crippen LogP contribution in [0.5, 0.6) is 0 Å². The summed E-state index contributed by atoms with van der Waals surface area (Å²) in [4.78, 5) is 13.4. The monoisotopic (exact) mass is 180 g/mol. The Morgan fingerprint density at radius 1 is 1.46 bits per heavy atom. The summed E-state index contributed by atoms with van der Waals surface area (Å²) in [6.45, 7) is 5.62. The van der Waals surface area contributed by atoms with Crippen LogP contribution in [-0.2, 0) is 4.79 Å². The van der Waals surface area contributed by atoms with Gasteiger partial charge < -0.3 is 4.90 Å². The van der Waals surface area contributed by atoms with Crippen molar-refractivity contribution in [1.29, 1.82) is 5.26 Å². The van der Waals surface area contributed by atoms with Gasteiger partial charge in [-0.15, -0.1) is 0 Å². The molecule has 1 aliphatic rings. The molecule has 1 rings (SSSR count). The lowest BCUT2D eigenvalue weighted by molar-refractivity contribution is -0.139. The first kappa shape index (κ1) is 10.0. The molecule has 3 nitrogen and oxygen atoms in total. The van der Waals surface area contributed by atoms with E-state index in [0.717, 1.165) is 12.8 Å². The molecule has 0 spiro atoms. The molecule has 72 valence electrons. The van der Waals surface area contributed by atoms with Crippen molar-refractivity contribution in [3.8, 4) is 6.07 Å². The molecule has 1 amide bonds. The number of hydrogen-bond donors (Lipinski definition) is 0. The van der Waals surface area contributed by atoms with E-state index in [4.69, 9.17) is 5.26 Å². The van der Waals surface area contributed by atoms with Gasteiger partial charge in [-0.2, -0.15) is 5.26 Å². The molecule has 13 heavy (non-hydrogen) atoms. The lowest BCUT2D eigenvalue weighted by atomic mass is 9.94. The van der Waals surface area contributed by atoms with E-state index in [0.29, 0.717) is 0 Å². The van der Waals surface area contributed by atoms with Gasteiger partial charge in [-0.05, 0) is 12.8 Å². The van der Waals surface area contributed by atoms with Crippen LogP contribution in [0.2, 0.25) is 0 Å². The van der Waals surface area contributed by atoms with E-state index in [1.54, 1.807) is 11.9 Å². The van der Waals surface area contributed by atoms with Crippen molar-refractivity contribution >= 4 is 5.91 Å². The van der Waals surface area contributed by atoms with Crippen LogP contribution in [0, 0.1) is 16.7 Å². The van der Waals surface area contributed by atoms with Gasteiger partial charge in [0.15, 0.2) is 0 Å². The van der Waals surface area contributed by atoms with Gasteiger partial charge in [0.2, 0.25) is 5.91 Å². The second-order valence-corrected chi connectivity index (χ2v) is 4.76. The van der Waals surface area contributed by atoms with Crippen LogP contribution in [0.3, 0.4) is 0 Å². The Morgan fingerprint density at radius 2 is 1.92 bits per heavy atom. The number of nitrogens with zero attached hydrogens (tertiary/aromatic N) is 2. The molecule has 0 aromatic heterocycles. The standard InChI is InChI=1S/C10H16N2O/c1-9(2,3)8(13)12(4)10(7-11)5-6-10/h5-6H2,1-4H3. The Morgan fingerprint density at radius 3 is 2.15 bits per heavy atom. The zero-order valence-electron chi connectivity index (χ0n) is 8.72. The average Bonchev–Trinajstić information content (AvgIpc) is 2.80. The van der Waals surface area contributed by atoms with Crippen LogP contribution in [0.4, 0.5) is 0 Å². The summed E-state index contributed by atoms with van der Waals surface area (Å²) in [5.41, 5.74) is -0.869. The van der Waals surface area contributed by atoms with E-state index in [9.17, 15) is 4.79 Å². The number of carbonyl (C=O) groups is 1. The van der Waals surface area contributed by atoms with E-state index in [1.807, 2.05) is 20.8 Å². The Kier molecular flexibility index (Phi) is 2.11. The molecule has 0 aromatic carbocycles. The highest BCUT2D eigenvalue weighted by Crippen LogP contribution is 2.41. The molecule has 1 aliphatic carbocycles. The first-order valence-electron chi connectivity index (χ1n) is 4.53. The minimum Gasteiger partial charge on any atom is -0.327 e. The van der Waals surface area contributed by atoms with Gasteiger partial charge in [0.25, 0.3) is 0 Å². The van der Waals surface area contributed by atoms with E-state index in [-0.39, 0.29) is 11.3 Å². The number of amides is 1. The Hall–Kier alpha value is -1.04. The van der Waals surface area contributed by atoms with E-state index >= 15 is 0 Å². The molecule has 3 heteroatoms. The van der Waals surface area contributed by atoms with Crippen LogP contribution in [-0.4, -0.2) is 23.4 Å². The van der Waals surface area contributed by atoms with Gasteiger partial charge >= 0.3 is 0 Å². The maximum absolute atomic E-state index is 11.8. The van der Waals surface area contributed by atoms with Crippen LogP contribution in [0.15, 0.2) is 0 Å². The summed E-state index contributed by atoms with van der Waals surface area (Å²) in [6, 6.07) is 2.21. The predicted octanol–water partition coefficient (Wildman–Crippen LogP) is 1.55. The molecule has 0 aromatic rings. The van der Waals surface area contributed by atoms with Crippen molar-refractivity contribution in [1.82, 2.24) is 4.90 Å². The summed E-state index contributed by atoms with van der Waals surface area (Å²) in [5, 5.41) is 8.90. The molecule has 1 saturated carbocycles. The lowest BCUT2D eigenvalue weighted by Crippen LogP contribution is -2.44. The topological polar surface area (TPSA) is 44.1 Å². The van der Waals surface area contributed by atoms with Crippen LogP contribution in [0.25, 0.3) is 0 Å². The molecular formula is C10H16N2O. The molecule has 0 saturated heterocycles. The third kappa shape index (κ3) is 1.67. The summed E-state index contributed by atoms with van der Waals surface area (Å²) in [5.74, 6) is 0.0477. The molecule has 0 heterocycles. The fraction of sp³-hybridized carbons (Fsp3) is 0.800. The molecular weight excluding hydrogens is 164 g/mol. The summed E-state index contributed by atoms with van der Waals surface area (Å²) >= 11 is 0. The number of hydrogen-bond acceptors (Lipinski definition) is 2. The summed E-state index contributed by atoms with van der Waals surface area (Å²) in [7, 11) is 1.73. The fourth-order valence-corrected chi connectivity index (χ4v) is 1.34. The third-order valence-electron chi connectivity index (χ3n) is 2.52. The van der Waals surface area contributed by atoms with Crippen LogP contribution < -0.4 is 0 Å². The van der Waals surface area contributed by atoms with E-state index < -0.39 is 5.54 Å². The van der Waals surface area contributed by atoms with E-state index in [1.165, 1.54) is 0 Å². The van der Waals surface area contributed by atoms with Crippen molar-refractivity contribution in [3.05, 3.63) is 0 Å². The van der Waals surface area contributed by atoms with Gasteiger partial charge in [-0.25, -0.2) is 0 Å². The van der Waals surface area contributed by atoms with Gasteiger partial charge in [0.1, 0.15) is 5.54 Å².